The Morgan fingerprint density at radius 2 is 2.11 bits per heavy atom. The first-order valence-electron chi connectivity index (χ1n) is 6.26. The summed E-state index contributed by atoms with van der Waals surface area (Å²) in [5.74, 6) is 0.123. The van der Waals surface area contributed by atoms with Crippen molar-refractivity contribution in [1.29, 1.82) is 0 Å². The molecular weight excluding hydrogens is 240 g/mol. The fraction of sp³-hybridized carbons (Fsp3) is 0.357. The van der Waals surface area contributed by atoms with Crippen molar-refractivity contribution in [3.8, 4) is 0 Å². The van der Waals surface area contributed by atoms with Crippen molar-refractivity contribution in [3.05, 3.63) is 36.0 Å². The first-order valence-corrected chi connectivity index (χ1v) is 6.26. The van der Waals surface area contributed by atoms with E-state index in [0.717, 1.165) is 23.9 Å². The molecule has 19 heavy (non-hydrogen) atoms. The van der Waals surface area contributed by atoms with Gasteiger partial charge < -0.3 is 21.2 Å². The van der Waals surface area contributed by atoms with Crippen LogP contribution >= 0.6 is 0 Å². The highest BCUT2D eigenvalue weighted by Gasteiger charge is 2.11. The summed E-state index contributed by atoms with van der Waals surface area (Å²) in [6.45, 7) is 4.92. The van der Waals surface area contributed by atoms with Gasteiger partial charge in [-0.2, -0.15) is 0 Å². The second-order valence-corrected chi connectivity index (χ2v) is 5.51. The van der Waals surface area contributed by atoms with Gasteiger partial charge in [0.05, 0.1) is 0 Å². The Bertz CT molecular complexity index is 607. The number of rotatable bonds is 4. The van der Waals surface area contributed by atoms with Crippen LogP contribution in [0.15, 0.2) is 35.6 Å². The average molecular weight is 260 g/mol. The molecule has 0 saturated carbocycles. The summed E-state index contributed by atoms with van der Waals surface area (Å²) in [7, 11) is 0. The Morgan fingerprint density at radius 3 is 2.74 bits per heavy atom. The minimum absolute atomic E-state index is 0.123. The lowest BCUT2D eigenvalue weighted by Crippen LogP contribution is -2.33. The third-order valence-electron chi connectivity index (χ3n) is 3.17. The highest BCUT2D eigenvalue weighted by atomic mass is 16.4. The van der Waals surface area contributed by atoms with E-state index in [4.69, 9.17) is 16.7 Å². The molecule has 0 aliphatic heterocycles. The number of nitrogens with two attached hydrogens (primary N) is 2. The maximum absolute atomic E-state index is 8.68. The highest BCUT2D eigenvalue weighted by Crippen LogP contribution is 2.19. The molecule has 1 aromatic carbocycles. The lowest BCUT2D eigenvalue weighted by Gasteiger charge is -2.18. The summed E-state index contributed by atoms with van der Waals surface area (Å²) < 4.78 is 2.17. The van der Waals surface area contributed by atoms with Gasteiger partial charge in [-0.25, -0.2) is 0 Å². The van der Waals surface area contributed by atoms with Crippen LogP contribution in [0.2, 0.25) is 0 Å². The third kappa shape index (κ3) is 3.06. The van der Waals surface area contributed by atoms with Crippen LogP contribution in [0.5, 0.6) is 0 Å². The molecule has 0 radical (unpaired) electrons. The van der Waals surface area contributed by atoms with Gasteiger partial charge in [0.15, 0.2) is 5.84 Å². The molecule has 1 heterocycles. The van der Waals surface area contributed by atoms with E-state index in [1.165, 1.54) is 0 Å². The molecular formula is C14H20N4O. The van der Waals surface area contributed by atoms with Crippen molar-refractivity contribution >= 4 is 16.7 Å². The van der Waals surface area contributed by atoms with E-state index >= 15 is 0 Å². The molecule has 0 aliphatic rings. The number of aryl methyl sites for hydroxylation is 1. The monoisotopic (exact) mass is 260 g/mol. The Labute approximate surface area is 112 Å². The summed E-state index contributed by atoms with van der Waals surface area (Å²) in [6.07, 6.45) is 2.94. The third-order valence-corrected chi connectivity index (χ3v) is 3.17. The topological polar surface area (TPSA) is 89.6 Å². The molecule has 1 aromatic heterocycles. The maximum Gasteiger partial charge on any atom is 0.170 e. The van der Waals surface area contributed by atoms with Crippen LogP contribution in [0.4, 0.5) is 0 Å². The number of aromatic nitrogens is 1. The molecule has 0 fully saturated rings. The van der Waals surface area contributed by atoms with Gasteiger partial charge >= 0.3 is 0 Å². The van der Waals surface area contributed by atoms with Crippen molar-refractivity contribution in [3.63, 3.8) is 0 Å². The quantitative estimate of drug-likeness (QED) is 0.339. The van der Waals surface area contributed by atoms with Crippen molar-refractivity contribution in [2.24, 2.45) is 16.6 Å². The lowest BCUT2D eigenvalue weighted by molar-refractivity contribution is 0.318. The Hall–Kier alpha value is -2.01. The van der Waals surface area contributed by atoms with Crippen molar-refractivity contribution in [2.75, 3.05) is 0 Å². The Kier molecular flexibility index (Phi) is 3.48. The smallest absolute Gasteiger partial charge is 0.170 e. The van der Waals surface area contributed by atoms with E-state index < -0.39 is 0 Å². The normalized spacial score (nSPS) is 13.1. The van der Waals surface area contributed by atoms with Gasteiger partial charge in [-0.05, 0) is 44.5 Å². The van der Waals surface area contributed by atoms with E-state index in [-0.39, 0.29) is 11.4 Å². The van der Waals surface area contributed by atoms with Crippen LogP contribution in [0.25, 0.3) is 10.9 Å². The Morgan fingerprint density at radius 1 is 1.37 bits per heavy atom. The zero-order valence-electron chi connectivity index (χ0n) is 11.3. The zero-order valence-corrected chi connectivity index (χ0v) is 11.3. The summed E-state index contributed by atoms with van der Waals surface area (Å²) in [5, 5.41) is 12.8. The molecule has 5 nitrogen and oxygen atoms in total. The van der Waals surface area contributed by atoms with Gasteiger partial charge in [0.25, 0.3) is 0 Å². The minimum Gasteiger partial charge on any atom is -0.409 e. The van der Waals surface area contributed by atoms with E-state index in [1.807, 2.05) is 44.3 Å². The minimum atomic E-state index is -0.176. The molecule has 0 aliphatic carbocycles. The molecule has 0 spiro atoms. The van der Waals surface area contributed by atoms with Gasteiger partial charge in [0.2, 0.25) is 0 Å². The summed E-state index contributed by atoms with van der Waals surface area (Å²) in [6, 6.07) is 7.76. The highest BCUT2D eigenvalue weighted by molar-refractivity contribution is 6.00. The number of hydrogen-bond donors (Lipinski definition) is 3. The SMILES string of the molecule is CC(C)(N)CCn1ccc2cc(C(N)=NO)ccc21. The summed E-state index contributed by atoms with van der Waals surface area (Å²) >= 11 is 0. The maximum atomic E-state index is 8.68. The first-order chi connectivity index (χ1) is 8.90. The van der Waals surface area contributed by atoms with Crippen molar-refractivity contribution in [1.82, 2.24) is 4.57 Å². The van der Waals surface area contributed by atoms with Crippen LogP contribution in [0.1, 0.15) is 25.8 Å². The van der Waals surface area contributed by atoms with E-state index in [0.29, 0.717) is 5.56 Å². The van der Waals surface area contributed by atoms with Crippen LogP contribution in [-0.4, -0.2) is 21.1 Å². The van der Waals surface area contributed by atoms with Crippen molar-refractivity contribution in [2.45, 2.75) is 32.4 Å². The number of amidine groups is 1. The van der Waals surface area contributed by atoms with Crippen LogP contribution in [-0.2, 0) is 6.54 Å². The Balaban J connectivity index is 2.29. The standard InChI is InChI=1S/C14H20N4O/c1-14(2,16)6-8-18-7-5-10-9-11(13(15)17-19)3-4-12(10)18/h3-5,7,9,19H,6,8,16H2,1-2H3,(H2,15,17). The molecule has 102 valence electrons. The van der Waals surface area contributed by atoms with E-state index in [9.17, 15) is 0 Å². The van der Waals surface area contributed by atoms with Gasteiger partial charge in [-0.1, -0.05) is 5.16 Å². The summed E-state index contributed by atoms with van der Waals surface area (Å²) in [4.78, 5) is 0. The van der Waals surface area contributed by atoms with Gasteiger partial charge in [0, 0.05) is 34.7 Å². The predicted molar refractivity (Wildman–Crippen MR) is 77.3 cm³/mol. The largest absolute Gasteiger partial charge is 0.409 e. The number of benzene rings is 1. The van der Waals surface area contributed by atoms with E-state index in [2.05, 4.69) is 9.72 Å². The zero-order chi connectivity index (χ0) is 14.0. The molecule has 5 N–H and O–H groups in total. The molecule has 0 bridgehead atoms. The number of oxime groups is 1. The van der Waals surface area contributed by atoms with Gasteiger partial charge in [-0.3, -0.25) is 0 Å². The predicted octanol–water partition coefficient (Wildman–Crippen LogP) is 1.86. The second-order valence-electron chi connectivity index (χ2n) is 5.51. The van der Waals surface area contributed by atoms with Crippen LogP contribution < -0.4 is 11.5 Å². The van der Waals surface area contributed by atoms with E-state index in [1.54, 1.807) is 0 Å². The van der Waals surface area contributed by atoms with Gasteiger partial charge in [-0.15, -0.1) is 0 Å². The number of fused-ring (bicyclic) bond motifs is 1. The fourth-order valence-corrected chi connectivity index (χ4v) is 2.02. The van der Waals surface area contributed by atoms with Gasteiger partial charge in [0.1, 0.15) is 0 Å². The van der Waals surface area contributed by atoms with Crippen LogP contribution in [0.3, 0.4) is 0 Å². The average Bonchev–Trinajstić information content (AvgIpc) is 2.76. The molecule has 0 atom stereocenters. The lowest BCUT2D eigenvalue weighted by atomic mass is 10.0. The molecule has 2 aromatic rings. The number of nitrogens with zero attached hydrogens (tertiary/aromatic N) is 2. The summed E-state index contributed by atoms with van der Waals surface area (Å²) in [5.41, 5.74) is 13.3. The molecule has 5 heteroatoms. The molecule has 0 saturated heterocycles. The fourth-order valence-electron chi connectivity index (χ4n) is 2.02. The first kappa shape index (κ1) is 13.4. The molecule has 0 amide bonds. The molecule has 2 rings (SSSR count). The molecule has 0 unspecified atom stereocenters. The van der Waals surface area contributed by atoms with Crippen LogP contribution in [0, 0.1) is 0 Å². The number of hydrogen-bond acceptors (Lipinski definition) is 3. The second kappa shape index (κ2) is 4.93. The van der Waals surface area contributed by atoms with Crippen molar-refractivity contribution < 1.29 is 5.21 Å².